The van der Waals surface area contributed by atoms with Gasteiger partial charge in [0.25, 0.3) is 0 Å². The van der Waals surface area contributed by atoms with Crippen LogP contribution in [-0.4, -0.2) is 28.7 Å². The third-order valence-corrected chi connectivity index (χ3v) is 4.18. The highest BCUT2D eigenvalue weighted by Crippen LogP contribution is 2.28. The van der Waals surface area contributed by atoms with Gasteiger partial charge in [-0.05, 0) is 24.1 Å². The second kappa shape index (κ2) is 7.39. The van der Waals surface area contributed by atoms with Gasteiger partial charge in [-0.1, -0.05) is 25.2 Å². The van der Waals surface area contributed by atoms with Crippen LogP contribution in [0.4, 0.5) is 10.8 Å². The Balaban J connectivity index is 2.18. The lowest BCUT2D eigenvalue weighted by atomic mass is 10.0. The normalized spacial score (nSPS) is 12.0. The Bertz CT molecular complexity index is 785. The zero-order valence-corrected chi connectivity index (χ0v) is 14.8. The third kappa shape index (κ3) is 4.51. The maximum absolute atomic E-state index is 12.4. The Morgan fingerprint density at radius 3 is 2.38 bits per heavy atom. The van der Waals surface area contributed by atoms with E-state index in [-0.39, 0.29) is 23.6 Å². The van der Waals surface area contributed by atoms with Gasteiger partial charge in [-0.2, -0.15) is 0 Å². The molecule has 7 nitrogen and oxygen atoms in total. The zero-order valence-electron chi connectivity index (χ0n) is 14.0. The molecule has 0 saturated heterocycles. The van der Waals surface area contributed by atoms with Crippen LogP contribution in [0.1, 0.15) is 27.7 Å². The molecule has 1 unspecified atom stereocenters. The molecule has 2 rings (SSSR count). The first-order chi connectivity index (χ1) is 11.3. The summed E-state index contributed by atoms with van der Waals surface area (Å²) in [6.45, 7) is 6.54. The average Bonchev–Trinajstić information content (AvgIpc) is 2.84. The van der Waals surface area contributed by atoms with E-state index >= 15 is 0 Å². The number of carbonyl (C=O) groups excluding carboxylic acids is 3. The topological polar surface area (TPSA) is 100 Å². The maximum atomic E-state index is 12.4. The number of anilines is 2. The number of nitrogens with one attached hydrogen (secondary N) is 3. The number of benzene rings is 1. The predicted molar refractivity (Wildman–Crippen MR) is 95.0 cm³/mol. The second-order valence-corrected chi connectivity index (χ2v) is 6.82. The molecule has 3 N–H and O–H groups in total. The van der Waals surface area contributed by atoms with Crippen molar-refractivity contribution in [3.05, 3.63) is 18.2 Å². The molecule has 2 aromatic rings. The standard InChI is InChI=1S/C16H20N4O3S/c1-8(2)14(18-10(4)22)15(23)20-16-19-12-6-5-11(17-9(3)21)7-13(12)24-16/h5-8,14H,1-4H3,(H,17,21)(H,18,22)(H,19,20,23). The highest BCUT2D eigenvalue weighted by molar-refractivity contribution is 7.22. The molecular weight excluding hydrogens is 328 g/mol. The molecule has 128 valence electrons. The summed E-state index contributed by atoms with van der Waals surface area (Å²) >= 11 is 1.31. The van der Waals surface area contributed by atoms with E-state index < -0.39 is 6.04 Å². The summed E-state index contributed by atoms with van der Waals surface area (Å²) in [5.74, 6) is -0.758. The number of fused-ring (bicyclic) bond motifs is 1. The van der Waals surface area contributed by atoms with Gasteiger partial charge < -0.3 is 16.0 Å². The van der Waals surface area contributed by atoms with Crippen molar-refractivity contribution in [1.29, 1.82) is 0 Å². The molecule has 1 heterocycles. The number of thiazole rings is 1. The first kappa shape index (κ1) is 17.9. The number of nitrogens with zero attached hydrogens (tertiary/aromatic N) is 1. The summed E-state index contributed by atoms with van der Waals surface area (Å²) in [4.78, 5) is 39.1. The summed E-state index contributed by atoms with van der Waals surface area (Å²) in [5, 5.41) is 8.54. The Morgan fingerprint density at radius 2 is 1.79 bits per heavy atom. The molecule has 0 bridgehead atoms. The van der Waals surface area contributed by atoms with E-state index in [0.717, 1.165) is 10.2 Å². The monoisotopic (exact) mass is 348 g/mol. The Hall–Kier alpha value is -2.48. The van der Waals surface area contributed by atoms with Gasteiger partial charge >= 0.3 is 0 Å². The van der Waals surface area contributed by atoms with Gasteiger partial charge in [0.15, 0.2) is 5.13 Å². The molecule has 0 radical (unpaired) electrons. The number of hydrogen-bond acceptors (Lipinski definition) is 5. The Kier molecular flexibility index (Phi) is 5.50. The van der Waals surface area contributed by atoms with Crippen LogP contribution >= 0.6 is 11.3 Å². The smallest absolute Gasteiger partial charge is 0.248 e. The molecule has 1 aromatic heterocycles. The van der Waals surface area contributed by atoms with Gasteiger partial charge in [-0.3, -0.25) is 14.4 Å². The van der Waals surface area contributed by atoms with Crippen LogP contribution < -0.4 is 16.0 Å². The zero-order chi connectivity index (χ0) is 17.9. The lowest BCUT2D eigenvalue weighted by molar-refractivity contribution is -0.126. The van der Waals surface area contributed by atoms with Crippen LogP contribution in [0.5, 0.6) is 0 Å². The number of aromatic nitrogens is 1. The van der Waals surface area contributed by atoms with E-state index in [9.17, 15) is 14.4 Å². The van der Waals surface area contributed by atoms with Crippen molar-refractivity contribution < 1.29 is 14.4 Å². The molecule has 8 heteroatoms. The largest absolute Gasteiger partial charge is 0.344 e. The fourth-order valence-electron chi connectivity index (χ4n) is 2.20. The number of hydrogen-bond donors (Lipinski definition) is 3. The van der Waals surface area contributed by atoms with Gasteiger partial charge in [-0.15, -0.1) is 0 Å². The Labute approximate surface area is 143 Å². The molecule has 1 atom stereocenters. The number of rotatable bonds is 5. The molecule has 0 aliphatic heterocycles. The molecule has 24 heavy (non-hydrogen) atoms. The van der Waals surface area contributed by atoms with Crippen molar-refractivity contribution in [3.63, 3.8) is 0 Å². The van der Waals surface area contributed by atoms with Crippen molar-refractivity contribution in [2.75, 3.05) is 10.6 Å². The molecule has 1 aromatic carbocycles. The molecule has 3 amide bonds. The molecular formula is C16H20N4O3S. The van der Waals surface area contributed by atoms with E-state index in [1.54, 1.807) is 18.2 Å². The molecule has 0 aliphatic carbocycles. The quantitative estimate of drug-likeness (QED) is 0.772. The van der Waals surface area contributed by atoms with Gasteiger partial charge in [-0.25, -0.2) is 4.98 Å². The SMILES string of the molecule is CC(=O)Nc1ccc2nc(NC(=O)C(NC(C)=O)C(C)C)sc2c1. The van der Waals surface area contributed by atoms with Crippen LogP contribution in [0.15, 0.2) is 18.2 Å². The van der Waals surface area contributed by atoms with Crippen molar-refractivity contribution in [2.45, 2.75) is 33.7 Å². The summed E-state index contributed by atoms with van der Waals surface area (Å²) in [6.07, 6.45) is 0. The van der Waals surface area contributed by atoms with E-state index in [4.69, 9.17) is 0 Å². The number of carbonyl (C=O) groups is 3. The van der Waals surface area contributed by atoms with Crippen molar-refractivity contribution in [1.82, 2.24) is 10.3 Å². The minimum absolute atomic E-state index is 0.0466. The second-order valence-electron chi connectivity index (χ2n) is 5.79. The third-order valence-electron chi connectivity index (χ3n) is 3.25. The molecule has 0 fully saturated rings. The van der Waals surface area contributed by atoms with Crippen LogP contribution in [0.25, 0.3) is 10.2 Å². The summed E-state index contributed by atoms with van der Waals surface area (Å²) < 4.78 is 0.845. The highest BCUT2D eigenvalue weighted by Gasteiger charge is 2.23. The van der Waals surface area contributed by atoms with Crippen LogP contribution in [0.3, 0.4) is 0 Å². The minimum atomic E-state index is -0.621. The molecule has 0 aliphatic rings. The fourth-order valence-corrected chi connectivity index (χ4v) is 3.10. The van der Waals surface area contributed by atoms with E-state index in [1.165, 1.54) is 25.2 Å². The maximum Gasteiger partial charge on any atom is 0.248 e. The fraction of sp³-hybridized carbons (Fsp3) is 0.375. The van der Waals surface area contributed by atoms with E-state index in [0.29, 0.717) is 10.8 Å². The van der Waals surface area contributed by atoms with Crippen LogP contribution in [0, 0.1) is 5.92 Å². The number of amides is 3. The average molecular weight is 348 g/mol. The van der Waals surface area contributed by atoms with Crippen molar-refractivity contribution in [3.8, 4) is 0 Å². The first-order valence-electron chi connectivity index (χ1n) is 7.52. The Morgan fingerprint density at radius 1 is 1.08 bits per heavy atom. The van der Waals surface area contributed by atoms with Gasteiger partial charge in [0.2, 0.25) is 17.7 Å². The van der Waals surface area contributed by atoms with Gasteiger partial charge in [0, 0.05) is 19.5 Å². The molecule has 0 spiro atoms. The van der Waals surface area contributed by atoms with Gasteiger partial charge in [0.05, 0.1) is 10.2 Å². The summed E-state index contributed by atoms with van der Waals surface area (Å²) in [7, 11) is 0. The van der Waals surface area contributed by atoms with Crippen molar-refractivity contribution in [2.24, 2.45) is 5.92 Å². The molecule has 0 saturated carbocycles. The predicted octanol–water partition coefficient (Wildman–Crippen LogP) is 2.35. The van der Waals surface area contributed by atoms with Crippen LogP contribution in [-0.2, 0) is 14.4 Å². The minimum Gasteiger partial charge on any atom is -0.344 e. The summed E-state index contributed by atoms with van der Waals surface area (Å²) in [5.41, 5.74) is 1.40. The summed E-state index contributed by atoms with van der Waals surface area (Å²) in [6, 6.07) is 4.71. The lowest BCUT2D eigenvalue weighted by Crippen LogP contribution is -2.46. The van der Waals surface area contributed by atoms with E-state index in [2.05, 4.69) is 20.9 Å². The van der Waals surface area contributed by atoms with Crippen LogP contribution in [0.2, 0.25) is 0 Å². The first-order valence-corrected chi connectivity index (χ1v) is 8.34. The van der Waals surface area contributed by atoms with Gasteiger partial charge in [0.1, 0.15) is 6.04 Å². The highest BCUT2D eigenvalue weighted by atomic mass is 32.1. The lowest BCUT2D eigenvalue weighted by Gasteiger charge is -2.19. The van der Waals surface area contributed by atoms with Crippen molar-refractivity contribution >= 4 is 50.1 Å². The van der Waals surface area contributed by atoms with E-state index in [1.807, 2.05) is 13.8 Å².